The van der Waals surface area contributed by atoms with Crippen LogP contribution >= 0.6 is 0 Å². The molecule has 0 saturated carbocycles. The van der Waals surface area contributed by atoms with E-state index in [-0.39, 0.29) is 18.2 Å². The lowest BCUT2D eigenvalue weighted by atomic mass is 9.97. The number of likely N-dealkylation sites (tertiary alicyclic amines) is 1. The lowest BCUT2D eigenvalue weighted by Crippen LogP contribution is -2.53. The van der Waals surface area contributed by atoms with Gasteiger partial charge in [-0.1, -0.05) is 20.8 Å². The second kappa shape index (κ2) is 9.94. The fourth-order valence-electron chi connectivity index (χ4n) is 3.96. The third-order valence-electron chi connectivity index (χ3n) is 6.53. The number of fused-ring (bicyclic) bond motifs is 1. The molecule has 1 amide bonds. The summed E-state index contributed by atoms with van der Waals surface area (Å²) in [5.74, 6) is -1.70. The number of aliphatic imine (C=N–C) groups is 1. The molecule has 10 heteroatoms. The van der Waals surface area contributed by atoms with Gasteiger partial charge in [-0.15, -0.1) is 0 Å². The molecular weight excluding hydrogens is 452 g/mol. The van der Waals surface area contributed by atoms with Gasteiger partial charge in [0.05, 0.1) is 30.8 Å². The molecule has 190 valence electrons. The summed E-state index contributed by atoms with van der Waals surface area (Å²) < 4.78 is 24.7. The average molecular weight is 493 g/mol. The van der Waals surface area contributed by atoms with Crippen LogP contribution in [0.15, 0.2) is 4.99 Å². The fourth-order valence-corrected chi connectivity index (χ4v) is 4.98. The number of hydrogen-bond acceptors (Lipinski definition) is 8. The van der Waals surface area contributed by atoms with E-state index in [0.717, 1.165) is 0 Å². The number of hydrogen-bond donors (Lipinski definition) is 0. The first-order chi connectivity index (χ1) is 15.4. The highest BCUT2D eigenvalue weighted by Crippen LogP contribution is 2.44. The summed E-state index contributed by atoms with van der Waals surface area (Å²) >= 11 is 0. The zero-order chi connectivity index (χ0) is 26.1. The molecule has 2 heterocycles. The van der Waals surface area contributed by atoms with Crippen molar-refractivity contribution in [2.75, 3.05) is 13.2 Å². The van der Waals surface area contributed by atoms with Crippen molar-refractivity contribution in [1.82, 2.24) is 4.90 Å². The standard InChI is InChI=1S/C24H40N4O5Si/c1-22(2,3)33-21(29)28-17(15-30-34(9,10)23(4,5)6)19-20(32-24(7,8)31-19)18(28)16(13-26)14-27-12-11-25/h14,16-20H,12,15H2,1-10H3/t16?,17-,18+,19-,20+/m1/s1. The first-order valence-electron chi connectivity index (χ1n) is 11.7. The van der Waals surface area contributed by atoms with Crippen molar-refractivity contribution in [3.63, 3.8) is 0 Å². The third kappa shape index (κ3) is 6.36. The molecule has 2 aliphatic rings. The van der Waals surface area contributed by atoms with Gasteiger partial charge in [0, 0.05) is 6.21 Å². The minimum atomic E-state index is -2.15. The van der Waals surface area contributed by atoms with E-state index in [2.05, 4.69) is 44.9 Å². The first-order valence-corrected chi connectivity index (χ1v) is 14.6. The van der Waals surface area contributed by atoms with Crippen LogP contribution in [-0.4, -0.2) is 74.4 Å². The molecule has 0 bridgehead atoms. The summed E-state index contributed by atoms with van der Waals surface area (Å²) in [4.78, 5) is 19.1. The molecule has 2 fully saturated rings. The van der Waals surface area contributed by atoms with Gasteiger partial charge >= 0.3 is 6.09 Å². The van der Waals surface area contributed by atoms with E-state index in [1.165, 1.54) is 6.21 Å². The van der Waals surface area contributed by atoms with Gasteiger partial charge in [-0.3, -0.25) is 9.89 Å². The van der Waals surface area contributed by atoms with Crippen LogP contribution in [0.3, 0.4) is 0 Å². The largest absolute Gasteiger partial charge is 0.444 e. The van der Waals surface area contributed by atoms with Gasteiger partial charge < -0.3 is 18.6 Å². The van der Waals surface area contributed by atoms with Crippen molar-refractivity contribution in [2.24, 2.45) is 10.9 Å². The highest BCUT2D eigenvalue weighted by atomic mass is 28.4. The quantitative estimate of drug-likeness (QED) is 0.309. The van der Waals surface area contributed by atoms with Gasteiger partial charge in [-0.25, -0.2) is 4.79 Å². The van der Waals surface area contributed by atoms with Crippen LogP contribution in [0.4, 0.5) is 4.79 Å². The van der Waals surface area contributed by atoms with E-state index >= 15 is 0 Å². The molecule has 5 atom stereocenters. The second-order valence-electron chi connectivity index (χ2n) is 11.9. The predicted octanol–water partition coefficient (Wildman–Crippen LogP) is 4.25. The Hall–Kier alpha value is -1.98. The lowest BCUT2D eigenvalue weighted by molar-refractivity contribution is -0.169. The summed E-state index contributed by atoms with van der Waals surface area (Å²) in [6.07, 6.45) is -0.213. The lowest BCUT2D eigenvalue weighted by Gasteiger charge is -2.40. The second-order valence-corrected chi connectivity index (χ2v) is 16.7. The average Bonchev–Trinajstić information content (AvgIpc) is 3.12. The number of carbonyl (C=O) groups excluding carboxylic acids is 1. The molecule has 1 unspecified atom stereocenters. The van der Waals surface area contributed by atoms with Crippen LogP contribution < -0.4 is 0 Å². The van der Waals surface area contributed by atoms with Crippen LogP contribution in [0.5, 0.6) is 0 Å². The van der Waals surface area contributed by atoms with E-state index in [9.17, 15) is 10.1 Å². The Morgan fingerprint density at radius 1 is 1.18 bits per heavy atom. The molecule has 0 radical (unpaired) electrons. The van der Waals surface area contributed by atoms with Gasteiger partial charge in [-0.2, -0.15) is 10.5 Å². The molecule has 34 heavy (non-hydrogen) atoms. The van der Waals surface area contributed by atoms with Crippen LogP contribution in [-0.2, 0) is 18.6 Å². The molecule has 2 aliphatic heterocycles. The predicted molar refractivity (Wildman–Crippen MR) is 131 cm³/mol. The monoisotopic (exact) mass is 492 g/mol. The number of amides is 1. The molecule has 0 aromatic carbocycles. The summed E-state index contributed by atoms with van der Waals surface area (Å²) in [7, 11) is -2.15. The summed E-state index contributed by atoms with van der Waals surface area (Å²) in [5, 5.41) is 18.8. The highest BCUT2D eigenvalue weighted by Gasteiger charge is 2.62. The van der Waals surface area contributed by atoms with Crippen molar-refractivity contribution in [2.45, 2.75) is 109 Å². The number of nitrogens with zero attached hydrogens (tertiary/aromatic N) is 4. The Morgan fingerprint density at radius 2 is 1.76 bits per heavy atom. The zero-order valence-electron chi connectivity index (χ0n) is 22.2. The maximum atomic E-state index is 13.5. The van der Waals surface area contributed by atoms with Gasteiger partial charge in [0.2, 0.25) is 0 Å². The summed E-state index contributed by atoms with van der Waals surface area (Å²) in [6.45, 7) is 19.9. The molecule has 0 aliphatic carbocycles. The highest BCUT2D eigenvalue weighted by molar-refractivity contribution is 6.74. The Bertz CT molecular complexity index is 863. The van der Waals surface area contributed by atoms with Crippen molar-refractivity contribution < 1.29 is 23.4 Å². The fraction of sp³-hybridized carbons (Fsp3) is 0.833. The third-order valence-corrected chi connectivity index (χ3v) is 11.0. The van der Waals surface area contributed by atoms with Crippen LogP contribution in [0.25, 0.3) is 0 Å². The smallest absolute Gasteiger partial charge is 0.411 e. The van der Waals surface area contributed by atoms with Gasteiger partial charge in [0.1, 0.15) is 30.3 Å². The number of carbonyl (C=O) groups is 1. The molecule has 9 nitrogen and oxygen atoms in total. The summed E-state index contributed by atoms with van der Waals surface area (Å²) in [5.41, 5.74) is -0.734. The number of rotatable bonds is 6. The molecule has 0 aromatic rings. The van der Waals surface area contributed by atoms with Crippen molar-refractivity contribution in [1.29, 1.82) is 10.5 Å². The Labute approximate surface area is 205 Å². The van der Waals surface area contributed by atoms with Crippen LogP contribution in [0.1, 0.15) is 55.4 Å². The van der Waals surface area contributed by atoms with Gasteiger partial charge in [-0.05, 0) is 52.8 Å². The van der Waals surface area contributed by atoms with Crippen molar-refractivity contribution in [3.05, 3.63) is 0 Å². The normalized spacial score (nSPS) is 27.8. The first kappa shape index (κ1) is 28.3. The maximum absolute atomic E-state index is 13.5. The van der Waals surface area contributed by atoms with E-state index in [4.69, 9.17) is 23.9 Å². The zero-order valence-corrected chi connectivity index (χ0v) is 23.2. The molecule has 0 spiro atoms. The molecule has 0 N–H and O–H groups in total. The van der Waals surface area contributed by atoms with Crippen LogP contribution in [0.2, 0.25) is 18.1 Å². The molecule has 2 rings (SSSR count). The van der Waals surface area contributed by atoms with E-state index in [0.29, 0.717) is 0 Å². The Balaban J connectivity index is 2.52. The molecule has 0 aromatic heterocycles. The maximum Gasteiger partial charge on any atom is 0.411 e. The SMILES string of the molecule is CC(C)(C)OC(=O)N1[C@H](CO[Si](C)(C)C(C)(C)C)[C@H]2OC(C)(C)O[C@H]2[C@@H]1C(C#N)C=NCC#N. The minimum Gasteiger partial charge on any atom is -0.444 e. The number of nitriles is 2. The Morgan fingerprint density at radius 3 is 2.26 bits per heavy atom. The number of ether oxygens (including phenoxy) is 3. The van der Waals surface area contributed by atoms with Crippen molar-refractivity contribution >= 4 is 20.6 Å². The topological polar surface area (TPSA) is 117 Å². The minimum absolute atomic E-state index is 0.0212. The van der Waals surface area contributed by atoms with Crippen LogP contribution in [0, 0.1) is 28.6 Å². The van der Waals surface area contributed by atoms with Gasteiger partial charge in [0.15, 0.2) is 14.1 Å². The van der Waals surface area contributed by atoms with E-state index in [1.54, 1.807) is 25.7 Å². The summed E-state index contributed by atoms with van der Waals surface area (Å²) in [6, 6.07) is 2.95. The van der Waals surface area contributed by atoms with Gasteiger partial charge in [0.25, 0.3) is 0 Å². The van der Waals surface area contributed by atoms with Crippen molar-refractivity contribution in [3.8, 4) is 12.1 Å². The Kier molecular flexibility index (Phi) is 8.26. The molecular formula is C24H40N4O5Si. The van der Waals surface area contributed by atoms with E-state index in [1.807, 2.05) is 19.9 Å². The van der Waals surface area contributed by atoms with E-state index < -0.39 is 56.0 Å². The molecule has 2 saturated heterocycles.